The van der Waals surface area contributed by atoms with Crippen molar-refractivity contribution in [2.45, 2.75) is 0 Å². The van der Waals surface area contributed by atoms with Gasteiger partial charge < -0.3 is 10.9 Å². The predicted octanol–water partition coefficient (Wildman–Crippen LogP) is -1.62. The third-order valence-corrected chi connectivity index (χ3v) is 1.70. The summed E-state index contributed by atoms with van der Waals surface area (Å²) in [6, 6.07) is 6.16. The summed E-state index contributed by atoms with van der Waals surface area (Å²) in [7, 11) is 2.57. The van der Waals surface area contributed by atoms with Crippen molar-refractivity contribution in [3.05, 3.63) is 35.4 Å². The van der Waals surface area contributed by atoms with E-state index in [1.54, 1.807) is 18.2 Å². The van der Waals surface area contributed by atoms with E-state index in [0.717, 1.165) is 0 Å². The van der Waals surface area contributed by atoms with Crippen molar-refractivity contribution in [3.63, 3.8) is 0 Å². The molecule has 0 saturated heterocycles. The molecule has 1 aromatic rings. The van der Waals surface area contributed by atoms with E-state index < -0.39 is 11.9 Å². The molecular weight excluding hydrogens is 207 g/mol. The van der Waals surface area contributed by atoms with Crippen LogP contribution in [0.25, 0.3) is 0 Å². The van der Waals surface area contributed by atoms with Crippen LogP contribution in [0.4, 0.5) is 0 Å². The SMILES string of the molecule is COC(=O)c1cccc(C(=O)OC)c1.[H-].[Na+]. The summed E-state index contributed by atoms with van der Waals surface area (Å²) in [4.78, 5) is 22.2. The molecule has 1 rings (SSSR count). The summed E-state index contributed by atoms with van der Waals surface area (Å²) < 4.78 is 9.03. The van der Waals surface area contributed by atoms with Gasteiger partial charge in [-0.25, -0.2) is 9.59 Å². The molecule has 5 heteroatoms. The van der Waals surface area contributed by atoms with E-state index in [1.807, 2.05) is 0 Å². The quantitative estimate of drug-likeness (QED) is 0.442. The van der Waals surface area contributed by atoms with Gasteiger partial charge in [-0.05, 0) is 18.2 Å². The normalized spacial score (nSPS) is 8.67. The van der Waals surface area contributed by atoms with Crippen molar-refractivity contribution in [1.82, 2.24) is 0 Å². The largest absolute Gasteiger partial charge is 1.00 e. The zero-order chi connectivity index (χ0) is 10.6. The number of hydrogen-bond acceptors (Lipinski definition) is 4. The summed E-state index contributed by atoms with van der Waals surface area (Å²) in [6.45, 7) is 0. The van der Waals surface area contributed by atoms with Gasteiger partial charge >= 0.3 is 41.5 Å². The first-order chi connectivity index (χ1) is 6.69. The van der Waals surface area contributed by atoms with Crippen molar-refractivity contribution >= 4 is 11.9 Å². The summed E-state index contributed by atoms with van der Waals surface area (Å²) in [5, 5.41) is 0. The molecule has 0 heterocycles. The molecule has 1 aromatic carbocycles. The topological polar surface area (TPSA) is 52.6 Å². The predicted molar refractivity (Wildman–Crippen MR) is 50.2 cm³/mol. The monoisotopic (exact) mass is 218 g/mol. The first-order valence-corrected chi connectivity index (χ1v) is 3.95. The van der Waals surface area contributed by atoms with Crippen LogP contribution in [0, 0.1) is 0 Å². The summed E-state index contributed by atoms with van der Waals surface area (Å²) in [6.07, 6.45) is 0. The second-order valence-electron chi connectivity index (χ2n) is 2.56. The smallest absolute Gasteiger partial charge is 1.00 e. The molecule has 0 aliphatic heterocycles. The molecule has 4 nitrogen and oxygen atoms in total. The summed E-state index contributed by atoms with van der Waals surface area (Å²) in [5.74, 6) is -0.952. The zero-order valence-corrected chi connectivity index (χ0v) is 10.9. The molecule has 0 bridgehead atoms. The number of rotatable bonds is 2. The zero-order valence-electron chi connectivity index (χ0n) is 9.94. The number of hydrogen-bond donors (Lipinski definition) is 0. The van der Waals surface area contributed by atoms with Crippen LogP contribution in [-0.4, -0.2) is 26.2 Å². The van der Waals surface area contributed by atoms with Gasteiger partial charge in [0.25, 0.3) is 0 Å². The van der Waals surface area contributed by atoms with Gasteiger partial charge in [-0.1, -0.05) is 6.07 Å². The van der Waals surface area contributed by atoms with Crippen LogP contribution in [0.2, 0.25) is 0 Å². The third kappa shape index (κ3) is 3.66. The minimum atomic E-state index is -0.476. The van der Waals surface area contributed by atoms with Crippen molar-refractivity contribution in [3.8, 4) is 0 Å². The van der Waals surface area contributed by atoms with Crippen molar-refractivity contribution in [2.75, 3.05) is 14.2 Å². The van der Waals surface area contributed by atoms with Gasteiger partial charge in [0.2, 0.25) is 0 Å². The van der Waals surface area contributed by atoms with Crippen LogP contribution in [0.5, 0.6) is 0 Å². The Hall–Kier alpha value is -0.840. The number of methoxy groups -OCH3 is 2. The van der Waals surface area contributed by atoms with Crippen LogP contribution < -0.4 is 29.6 Å². The molecule has 0 spiro atoms. The Morgan fingerprint density at radius 1 is 1.07 bits per heavy atom. The van der Waals surface area contributed by atoms with Crippen LogP contribution in [0.3, 0.4) is 0 Å². The van der Waals surface area contributed by atoms with Gasteiger partial charge in [-0.3, -0.25) is 0 Å². The van der Waals surface area contributed by atoms with Crippen LogP contribution >= 0.6 is 0 Å². The van der Waals surface area contributed by atoms with E-state index in [-0.39, 0.29) is 31.0 Å². The molecule has 0 fully saturated rings. The van der Waals surface area contributed by atoms with Gasteiger partial charge in [-0.15, -0.1) is 0 Å². The van der Waals surface area contributed by atoms with Crippen LogP contribution in [-0.2, 0) is 9.47 Å². The fourth-order valence-corrected chi connectivity index (χ4v) is 1.01. The Balaban J connectivity index is 0. The second kappa shape index (κ2) is 6.61. The standard InChI is InChI=1S/C10H10O4.Na.H/c1-13-9(11)7-4-3-5-8(6-7)10(12)14-2;;/h3-6H,1-2H3;;/q;+1;-1. The van der Waals surface area contributed by atoms with Crippen LogP contribution in [0.1, 0.15) is 22.1 Å². The van der Waals surface area contributed by atoms with Gasteiger partial charge in [-0.2, -0.15) is 0 Å². The molecule has 76 valence electrons. The number of carbonyl (C=O) groups is 2. The molecule has 0 aliphatic rings. The fraction of sp³-hybridized carbons (Fsp3) is 0.200. The van der Waals surface area contributed by atoms with E-state index in [1.165, 1.54) is 20.3 Å². The Labute approximate surface area is 111 Å². The Morgan fingerprint density at radius 3 is 1.80 bits per heavy atom. The van der Waals surface area contributed by atoms with Gasteiger partial charge in [0, 0.05) is 0 Å². The van der Waals surface area contributed by atoms with E-state index in [0.29, 0.717) is 11.1 Å². The van der Waals surface area contributed by atoms with Crippen molar-refractivity contribution < 1.29 is 50.0 Å². The summed E-state index contributed by atoms with van der Waals surface area (Å²) in [5.41, 5.74) is 0.658. The molecular formula is C10H11NaO4. The van der Waals surface area contributed by atoms with Gasteiger partial charge in [0.05, 0.1) is 25.3 Å². The number of carbonyl (C=O) groups excluding carboxylic acids is 2. The first kappa shape index (κ1) is 14.2. The van der Waals surface area contributed by atoms with E-state index in [2.05, 4.69) is 9.47 Å². The molecule has 0 amide bonds. The molecule has 0 radical (unpaired) electrons. The van der Waals surface area contributed by atoms with E-state index in [4.69, 9.17) is 0 Å². The maximum Gasteiger partial charge on any atom is 1.00 e. The maximum atomic E-state index is 11.1. The second-order valence-corrected chi connectivity index (χ2v) is 2.56. The Bertz CT molecular complexity index is 336. The Morgan fingerprint density at radius 2 is 1.47 bits per heavy atom. The Kier molecular flexibility index (Phi) is 6.24. The first-order valence-electron chi connectivity index (χ1n) is 3.95. The maximum absolute atomic E-state index is 11.1. The molecule has 0 atom stereocenters. The minimum Gasteiger partial charge on any atom is -1.00 e. The molecule has 15 heavy (non-hydrogen) atoms. The van der Waals surface area contributed by atoms with E-state index in [9.17, 15) is 9.59 Å². The van der Waals surface area contributed by atoms with Crippen molar-refractivity contribution in [2.24, 2.45) is 0 Å². The summed E-state index contributed by atoms with van der Waals surface area (Å²) >= 11 is 0. The number of esters is 2. The van der Waals surface area contributed by atoms with Gasteiger partial charge in [0.1, 0.15) is 0 Å². The van der Waals surface area contributed by atoms with Gasteiger partial charge in [0.15, 0.2) is 0 Å². The fourth-order valence-electron chi connectivity index (χ4n) is 1.01. The minimum absolute atomic E-state index is 0. The third-order valence-electron chi connectivity index (χ3n) is 1.70. The average Bonchev–Trinajstić information content (AvgIpc) is 2.27. The molecule has 0 unspecified atom stereocenters. The van der Waals surface area contributed by atoms with Crippen LogP contribution in [0.15, 0.2) is 24.3 Å². The number of ether oxygens (including phenoxy) is 2. The van der Waals surface area contributed by atoms with Crippen molar-refractivity contribution in [1.29, 1.82) is 0 Å². The molecule has 0 N–H and O–H groups in total. The van der Waals surface area contributed by atoms with E-state index >= 15 is 0 Å². The molecule has 0 aromatic heterocycles. The molecule has 0 aliphatic carbocycles. The molecule has 0 saturated carbocycles. The number of benzene rings is 1. The average molecular weight is 218 g/mol.